The average Bonchev–Trinajstić information content (AvgIpc) is 2.70. The molecule has 0 saturated carbocycles. The molecule has 0 spiro atoms. The third-order valence-corrected chi connectivity index (χ3v) is 4.88. The fraction of sp³-hybridized carbons (Fsp3) is 0.286. The number of halogens is 2. The molecule has 1 fully saturated rings. The van der Waals surface area contributed by atoms with Crippen LogP contribution in [0.2, 0.25) is 5.02 Å². The number of ether oxygens (including phenoxy) is 1. The van der Waals surface area contributed by atoms with Crippen molar-refractivity contribution in [3.05, 3.63) is 59.8 Å². The van der Waals surface area contributed by atoms with Crippen molar-refractivity contribution in [2.24, 2.45) is 0 Å². The van der Waals surface area contributed by atoms with Crippen LogP contribution in [-0.2, 0) is 4.74 Å². The molecule has 150 valence electrons. The fourth-order valence-corrected chi connectivity index (χ4v) is 3.51. The summed E-state index contributed by atoms with van der Waals surface area (Å²) in [7, 11) is 0. The predicted octanol–water partition coefficient (Wildman–Crippen LogP) is 4.69. The lowest BCUT2D eigenvalue weighted by atomic mass is 10.1. The second-order valence-corrected chi connectivity index (χ2v) is 7.53. The first-order chi connectivity index (χ1) is 14.0. The van der Waals surface area contributed by atoms with E-state index in [1.54, 1.807) is 30.5 Å². The summed E-state index contributed by atoms with van der Waals surface area (Å²) < 4.78 is 20.1. The maximum absolute atomic E-state index is 14.3. The van der Waals surface area contributed by atoms with E-state index in [0.29, 0.717) is 29.9 Å². The van der Waals surface area contributed by atoms with Crippen molar-refractivity contribution in [2.45, 2.75) is 26.1 Å². The molecule has 0 aliphatic carbocycles. The summed E-state index contributed by atoms with van der Waals surface area (Å²) in [5.74, 6) is 0.478. The molecule has 0 radical (unpaired) electrons. The normalized spacial score (nSPS) is 19.2. The summed E-state index contributed by atoms with van der Waals surface area (Å²) >= 11 is 5.95. The number of morpholine rings is 1. The van der Waals surface area contributed by atoms with Gasteiger partial charge in [0, 0.05) is 36.1 Å². The van der Waals surface area contributed by atoms with Gasteiger partial charge in [-0.15, -0.1) is 0 Å². The molecule has 1 aromatic carbocycles. The van der Waals surface area contributed by atoms with Crippen molar-refractivity contribution in [1.82, 2.24) is 15.0 Å². The Morgan fingerprint density at radius 3 is 2.52 bits per heavy atom. The molecule has 0 amide bonds. The summed E-state index contributed by atoms with van der Waals surface area (Å²) in [5, 5.41) is 3.66. The second-order valence-electron chi connectivity index (χ2n) is 7.10. The quantitative estimate of drug-likeness (QED) is 0.626. The van der Waals surface area contributed by atoms with Crippen LogP contribution < -0.4 is 10.2 Å². The molecule has 1 saturated heterocycles. The summed E-state index contributed by atoms with van der Waals surface area (Å²) in [5.41, 5.74) is 1.91. The third-order valence-electron chi connectivity index (χ3n) is 4.62. The molecule has 1 aliphatic heterocycles. The Labute approximate surface area is 173 Å². The zero-order valence-corrected chi connectivity index (χ0v) is 16.9. The highest BCUT2D eigenvalue weighted by molar-refractivity contribution is 6.30. The molecule has 1 aliphatic rings. The predicted molar refractivity (Wildman–Crippen MR) is 112 cm³/mol. The first-order valence-corrected chi connectivity index (χ1v) is 9.77. The second kappa shape index (κ2) is 8.31. The zero-order valence-electron chi connectivity index (χ0n) is 16.1. The highest BCUT2D eigenvalue weighted by Crippen LogP contribution is 2.27. The summed E-state index contributed by atoms with van der Waals surface area (Å²) in [4.78, 5) is 14.9. The van der Waals surface area contributed by atoms with Crippen LogP contribution in [0, 0.1) is 5.95 Å². The topological polar surface area (TPSA) is 63.2 Å². The number of benzene rings is 1. The van der Waals surface area contributed by atoms with Crippen molar-refractivity contribution in [1.29, 1.82) is 0 Å². The lowest BCUT2D eigenvalue weighted by Gasteiger charge is -2.35. The lowest BCUT2D eigenvalue weighted by Crippen LogP contribution is -2.46. The van der Waals surface area contributed by atoms with Crippen LogP contribution in [0.15, 0.2) is 48.8 Å². The zero-order chi connectivity index (χ0) is 20.4. The van der Waals surface area contributed by atoms with E-state index in [1.165, 1.54) is 6.20 Å². The minimum Gasteiger partial charge on any atom is -0.372 e. The van der Waals surface area contributed by atoms with Crippen molar-refractivity contribution >= 4 is 29.1 Å². The van der Waals surface area contributed by atoms with Gasteiger partial charge < -0.3 is 15.0 Å². The molecule has 2 aromatic heterocycles. The Morgan fingerprint density at radius 1 is 1.07 bits per heavy atom. The Bertz CT molecular complexity index is 991. The number of pyridine rings is 1. The minimum atomic E-state index is -0.600. The van der Waals surface area contributed by atoms with E-state index in [1.807, 2.05) is 26.0 Å². The van der Waals surface area contributed by atoms with E-state index in [-0.39, 0.29) is 17.9 Å². The molecule has 6 nitrogen and oxygen atoms in total. The number of hydrogen-bond acceptors (Lipinski definition) is 6. The number of rotatable bonds is 4. The SMILES string of the molecule is C[C@@H]1CN(c2nccc(Nc3cc(-c4ccc(Cl)cc4)cnc3F)n2)C[C@H](C)O1. The number of nitrogens with one attached hydrogen (secondary N) is 1. The maximum Gasteiger partial charge on any atom is 0.236 e. The molecule has 2 atom stereocenters. The van der Waals surface area contributed by atoms with E-state index in [2.05, 4.69) is 25.2 Å². The Morgan fingerprint density at radius 2 is 1.79 bits per heavy atom. The van der Waals surface area contributed by atoms with Gasteiger partial charge in [-0.05, 0) is 43.7 Å². The lowest BCUT2D eigenvalue weighted by molar-refractivity contribution is -0.00571. The first-order valence-electron chi connectivity index (χ1n) is 9.40. The third kappa shape index (κ3) is 4.63. The number of nitrogens with zero attached hydrogens (tertiary/aromatic N) is 4. The van der Waals surface area contributed by atoms with Gasteiger partial charge in [0.1, 0.15) is 5.82 Å². The van der Waals surface area contributed by atoms with Gasteiger partial charge in [-0.2, -0.15) is 9.37 Å². The van der Waals surface area contributed by atoms with Crippen LogP contribution in [0.25, 0.3) is 11.1 Å². The molecule has 29 heavy (non-hydrogen) atoms. The Hall–Kier alpha value is -2.77. The summed E-state index contributed by atoms with van der Waals surface area (Å²) in [6.45, 7) is 5.45. The minimum absolute atomic E-state index is 0.0941. The number of anilines is 3. The van der Waals surface area contributed by atoms with Crippen LogP contribution in [-0.4, -0.2) is 40.2 Å². The summed E-state index contributed by atoms with van der Waals surface area (Å²) in [6.07, 6.45) is 3.34. The van der Waals surface area contributed by atoms with Crippen LogP contribution in [0.3, 0.4) is 0 Å². The van der Waals surface area contributed by atoms with E-state index in [9.17, 15) is 4.39 Å². The molecule has 3 aromatic rings. The summed E-state index contributed by atoms with van der Waals surface area (Å²) in [6, 6.07) is 10.7. The molecule has 0 bridgehead atoms. The van der Waals surface area contributed by atoms with Gasteiger partial charge in [0.05, 0.1) is 17.9 Å². The van der Waals surface area contributed by atoms with Crippen LogP contribution in [0.5, 0.6) is 0 Å². The number of aromatic nitrogens is 3. The van der Waals surface area contributed by atoms with Crippen molar-refractivity contribution in [3.8, 4) is 11.1 Å². The van der Waals surface area contributed by atoms with Crippen LogP contribution in [0.1, 0.15) is 13.8 Å². The van der Waals surface area contributed by atoms with Crippen LogP contribution >= 0.6 is 11.6 Å². The highest BCUT2D eigenvalue weighted by Gasteiger charge is 2.24. The molecular weight excluding hydrogens is 393 g/mol. The van der Waals surface area contributed by atoms with Gasteiger partial charge in [-0.1, -0.05) is 23.7 Å². The molecule has 3 heterocycles. The Balaban J connectivity index is 1.58. The number of hydrogen-bond donors (Lipinski definition) is 1. The molecule has 8 heteroatoms. The van der Waals surface area contributed by atoms with Gasteiger partial charge >= 0.3 is 0 Å². The van der Waals surface area contributed by atoms with Gasteiger partial charge in [0.25, 0.3) is 0 Å². The molecule has 1 N–H and O–H groups in total. The van der Waals surface area contributed by atoms with E-state index in [4.69, 9.17) is 16.3 Å². The average molecular weight is 414 g/mol. The van der Waals surface area contributed by atoms with Crippen molar-refractivity contribution < 1.29 is 9.13 Å². The molecule has 4 rings (SSSR count). The molecular formula is C21H21ClFN5O. The van der Waals surface area contributed by atoms with Crippen molar-refractivity contribution in [2.75, 3.05) is 23.3 Å². The Kier molecular flexibility index (Phi) is 5.60. The molecule has 0 unspecified atom stereocenters. The first kappa shape index (κ1) is 19.5. The van der Waals surface area contributed by atoms with Gasteiger partial charge in [0.2, 0.25) is 11.9 Å². The van der Waals surface area contributed by atoms with Crippen LogP contribution in [0.4, 0.5) is 21.8 Å². The van der Waals surface area contributed by atoms with Gasteiger partial charge in [-0.3, -0.25) is 0 Å². The van der Waals surface area contributed by atoms with E-state index < -0.39 is 5.95 Å². The highest BCUT2D eigenvalue weighted by atomic mass is 35.5. The smallest absolute Gasteiger partial charge is 0.236 e. The fourth-order valence-electron chi connectivity index (χ4n) is 3.39. The maximum atomic E-state index is 14.3. The van der Waals surface area contributed by atoms with Gasteiger partial charge in [0.15, 0.2) is 0 Å². The largest absolute Gasteiger partial charge is 0.372 e. The van der Waals surface area contributed by atoms with E-state index in [0.717, 1.165) is 11.1 Å². The monoisotopic (exact) mass is 413 g/mol. The standard InChI is InChI=1S/C21H21ClFN5O/c1-13-11-28(12-14(2)29-13)21-24-8-7-19(27-21)26-18-9-16(10-25-20(18)23)15-3-5-17(22)6-4-15/h3-10,13-14H,11-12H2,1-2H3,(H,24,26,27)/t13-,14+. The van der Waals surface area contributed by atoms with Crippen molar-refractivity contribution in [3.63, 3.8) is 0 Å². The van der Waals surface area contributed by atoms with Gasteiger partial charge in [-0.25, -0.2) is 9.97 Å². The van der Waals surface area contributed by atoms with E-state index >= 15 is 0 Å².